The van der Waals surface area contributed by atoms with Crippen molar-refractivity contribution in [3.63, 3.8) is 0 Å². The summed E-state index contributed by atoms with van der Waals surface area (Å²) in [6.45, 7) is 0.796. The van der Waals surface area contributed by atoms with E-state index in [0.29, 0.717) is 22.6 Å². The smallest absolute Gasteiger partial charge is 0.289 e. The van der Waals surface area contributed by atoms with E-state index in [1.165, 1.54) is 43.9 Å². The van der Waals surface area contributed by atoms with Gasteiger partial charge in [-0.05, 0) is 30.9 Å². The molecule has 1 amide bonds. The van der Waals surface area contributed by atoms with Gasteiger partial charge in [-0.1, -0.05) is 49.2 Å². The number of amides is 1. The van der Waals surface area contributed by atoms with Crippen LogP contribution in [-0.2, 0) is 5.75 Å². The van der Waals surface area contributed by atoms with Crippen LogP contribution >= 0.6 is 11.8 Å². The molecule has 1 aromatic carbocycles. The highest BCUT2D eigenvalue weighted by molar-refractivity contribution is 7.98. The Balaban J connectivity index is 1.57. The summed E-state index contributed by atoms with van der Waals surface area (Å²) in [7, 11) is 1.89. The Morgan fingerprint density at radius 2 is 1.89 bits per heavy atom. The first kappa shape index (κ1) is 19.0. The Morgan fingerprint density at radius 3 is 2.68 bits per heavy atom. The lowest BCUT2D eigenvalue weighted by Gasteiger charge is -2.26. The zero-order valence-corrected chi connectivity index (χ0v) is 17.0. The van der Waals surface area contributed by atoms with E-state index < -0.39 is 0 Å². The summed E-state index contributed by atoms with van der Waals surface area (Å²) in [5.41, 5.74) is 1.68. The molecule has 146 valence electrons. The molecule has 0 aliphatic heterocycles. The van der Waals surface area contributed by atoms with Crippen molar-refractivity contribution in [3.05, 3.63) is 54.0 Å². The van der Waals surface area contributed by atoms with E-state index in [1.807, 2.05) is 36.2 Å². The predicted octanol–water partition coefficient (Wildman–Crippen LogP) is 5.17. The van der Waals surface area contributed by atoms with E-state index in [2.05, 4.69) is 9.97 Å². The van der Waals surface area contributed by atoms with Gasteiger partial charge in [0.15, 0.2) is 10.9 Å². The Labute approximate surface area is 169 Å². The van der Waals surface area contributed by atoms with Crippen LogP contribution in [0.4, 0.5) is 0 Å². The maximum Gasteiger partial charge on any atom is 0.289 e. The molecule has 0 bridgehead atoms. The monoisotopic (exact) mass is 395 g/mol. The molecule has 1 saturated carbocycles. The summed E-state index contributed by atoms with van der Waals surface area (Å²) >= 11 is 1.52. The van der Waals surface area contributed by atoms with Gasteiger partial charge in [0.2, 0.25) is 0 Å². The molecular weight excluding hydrogens is 370 g/mol. The average Bonchev–Trinajstić information content (AvgIpc) is 3.11. The average molecular weight is 396 g/mol. The van der Waals surface area contributed by atoms with Crippen molar-refractivity contribution in [2.75, 3.05) is 13.6 Å². The molecule has 0 N–H and O–H groups in total. The lowest BCUT2D eigenvalue weighted by atomic mass is 9.89. The highest BCUT2D eigenvalue weighted by Gasteiger charge is 2.25. The van der Waals surface area contributed by atoms with Gasteiger partial charge in [0.05, 0.1) is 0 Å². The number of furan rings is 1. The zero-order chi connectivity index (χ0) is 19.3. The van der Waals surface area contributed by atoms with Crippen LogP contribution in [0.2, 0.25) is 0 Å². The van der Waals surface area contributed by atoms with Gasteiger partial charge in [0.25, 0.3) is 5.91 Å². The van der Waals surface area contributed by atoms with Gasteiger partial charge in [-0.2, -0.15) is 0 Å². The molecule has 5 nitrogen and oxygen atoms in total. The molecule has 0 saturated heterocycles. The van der Waals surface area contributed by atoms with E-state index >= 15 is 0 Å². The number of para-hydroxylation sites is 1. The summed E-state index contributed by atoms with van der Waals surface area (Å²) in [4.78, 5) is 23.6. The molecule has 0 unspecified atom stereocenters. The first-order valence-electron chi connectivity index (χ1n) is 9.88. The maximum absolute atomic E-state index is 13.2. The van der Waals surface area contributed by atoms with Crippen LogP contribution in [0, 0.1) is 5.92 Å². The van der Waals surface area contributed by atoms with Crippen LogP contribution in [0.25, 0.3) is 11.0 Å². The molecule has 2 aromatic heterocycles. The number of thioether (sulfide) groups is 1. The Kier molecular flexibility index (Phi) is 5.95. The maximum atomic E-state index is 13.2. The van der Waals surface area contributed by atoms with Crippen molar-refractivity contribution in [2.45, 2.75) is 43.0 Å². The molecule has 6 heteroatoms. The van der Waals surface area contributed by atoms with Crippen molar-refractivity contribution >= 4 is 28.6 Å². The molecule has 28 heavy (non-hydrogen) atoms. The highest BCUT2D eigenvalue weighted by Crippen LogP contribution is 2.32. The number of nitrogens with zero attached hydrogens (tertiary/aromatic N) is 3. The Hall–Kier alpha value is -2.34. The number of carbonyl (C=O) groups is 1. The second-order valence-corrected chi connectivity index (χ2v) is 8.36. The van der Waals surface area contributed by atoms with Gasteiger partial charge in [-0.25, -0.2) is 9.97 Å². The number of aromatic nitrogens is 2. The number of fused-ring (bicyclic) bond motifs is 1. The predicted molar refractivity (Wildman–Crippen MR) is 111 cm³/mol. The second kappa shape index (κ2) is 8.78. The van der Waals surface area contributed by atoms with Crippen LogP contribution in [0.15, 0.2) is 52.3 Å². The van der Waals surface area contributed by atoms with E-state index in [0.717, 1.165) is 23.1 Å². The third kappa shape index (κ3) is 4.22. The van der Waals surface area contributed by atoms with Gasteiger partial charge in [0.1, 0.15) is 5.58 Å². The fraction of sp³-hybridized carbons (Fsp3) is 0.409. The van der Waals surface area contributed by atoms with Crippen LogP contribution < -0.4 is 0 Å². The van der Waals surface area contributed by atoms with Gasteiger partial charge in [-0.3, -0.25) is 4.79 Å². The van der Waals surface area contributed by atoms with Crippen LogP contribution in [0.5, 0.6) is 0 Å². The summed E-state index contributed by atoms with van der Waals surface area (Å²) in [5, 5.41) is 1.68. The summed E-state index contributed by atoms with van der Waals surface area (Å²) < 4.78 is 6.01. The molecule has 1 fully saturated rings. The SMILES string of the molecule is CN(CC1CCCCC1)C(=O)c1oc2ccccc2c1CSc1ncccn1. The molecule has 0 radical (unpaired) electrons. The van der Waals surface area contributed by atoms with E-state index in [9.17, 15) is 4.79 Å². The first-order chi connectivity index (χ1) is 13.7. The number of rotatable bonds is 6. The highest BCUT2D eigenvalue weighted by atomic mass is 32.2. The lowest BCUT2D eigenvalue weighted by molar-refractivity contribution is 0.0730. The standard InChI is InChI=1S/C22H25N3O2S/c1-25(14-16-8-3-2-4-9-16)21(26)20-18(15-28-22-23-12-7-13-24-22)17-10-5-6-11-19(17)27-20/h5-7,10-13,16H,2-4,8-9,14-15H2,1H3. The molecule has 0 atom stereocenters. The summed E-state index contributed by atoms with van der Waals surface area (Å²) in [6.07, 6.45) is 9.75. The fourth-order valence-electron chi connectivity index (χ4n) is 3.92. The molecule has 1 aliphatic carbocycles. The number of hydrogen-bond acceptors (Lipinski definition) is 5. The number of benzene rings is 1. The molecule has 3 aromatic rings. The van der Waals surface area contributed by atoms with Crippen molar-refractivity contribution in [1.29, 1.82) is 0 Å². The normalized spacial score (nSPS) is 15.0. The third-order valence-corrected chi connectivity index (χ3v) is 6.29. The third-order valence-electron chi connectivity index (χ3n) is 5.38. The van der Waals surface area contributed by atoms with Crippen LogP contribution in [0.3, 0.4) is 0 Å². The summed E-state index contributed by atoms with van der Waals surface area (Å²) in [5.74, 6) is 1.61. The first-order valence-corrected chi connectivity index (χ1v) is 10.9. The molecule has 0 spiro atoms. The Bertz CT molecular complexity index is 935. The topological polar surface area (TPSA) is 59.2 Å². The van der Waals surface area contributed by atoms with Crippen molar-refractivity contribution in [3.8, 4) is 0 Å². The molecule has 2 heterocycles. The minimum Gasteiger partial charge on any atom is -0.451 e. The lowest BCUT2D eigenvalue weighted by Crippen LogP contribution is -2.32. The minimum absolute atomic E-state index is 0.0358. The second-order valence-electron chi connectivity index (χ2n) is 7.42. The fourth-order valence-corrected chi connectivity index (χ4v) is 4.76. The molecule has 4 rings (SSSR count). The number of carbonyl (C=O) groups excluding carboxylic acids is 1. The van der Waals surface area contributed by atoms with Crippen LogP contribution in [0.1, 0.15) is 48.2 Å². The molecular formula is C22H25N3O2S. The van der Waals surface area contributed by atoms with Gasteiger partial charge in [0, 0.05) is 42.7 Å². The van der Waals surface area contributed by atoms with Crippen molar-refractivity contribution in [1.82, 2.24) is 14.9 Å². The van der Waals surface area contributed by atoms with E-state index in [-0.39, 0.29) is 5.91 Å². The minimum atomic E-state index is -0.0358. The van der Waals surface area contributed by atoms with Gasteiger partial charge < -0.3 is 9.32 Å². The van der Waals surface area contributed by atoms with E-state index in [4.69, 9.17) is 4.42 Å². The van der Waals surface area contributed by atoms with Crippen molar-refractivity contribution < 1.29 is 9.21 Å². The van der Waals surface area contributed by atoms with Crippen LogP contribution in [-0.4, -0.2) is 34.4 Å². The van der Waals surface area contributed by atoms with E-state index in [1.54, 1.807) is 18.5 Å². The van der Waals surface area contributed by atoms with Gasteiger partial charge in [-0.15, -0.1) is 0 Å². The van der Waals surface area contributed by atoms with Crippen molar-refractivity contribution in [2.24, 2.45) is 5.92 Å². The molecule has 1 aliphatic rings. The largest absolute Gasteiger partial charge is 0.451 e. The van der Waals surface area contributed by atoms with Gasteiger partial charge >= 0.3 is 0 Å². The summed E-state index contributed by atoms with van der Waals surface area (Å²) in [6, 6.07) is 9.64. The number of hydrogen-bond donors (Lipinski definition) is 0. The quantitative estimate of drug-likeness (QED) is 0.426. The Morgan fingerprint density at radius 1 is 1.14 bits per heavy atom. The zero-order valence-electron chi connectivity index (χ0n) is 16.1.